The van der Waals surface area contributed by atoms with Crippen molar-refractivity contribution < 1.29 is 22.3 Å². The van der Waals surface area contributed by atoms with E-state index in [4.69, 9.17) is 0 Å². The van der Waals surface area contributed by atoms with Gasteiger partial charge < -0.3 is 4.74 Å². The van der Waals surface area contributed by atoms with E-state index in [9.17, 15) is 17.6 Å². The fraction of sp³-hybridized carbons (Fsp3) is 0.700. The highest BCUT2D eigenvalue weighted by Gasteiger charge is 2.32. The molecule has 1 aromatic rings. The summed E-state index contributed by atoms with van der Waals surface area (Å²) in [5.74, 6) is -0.200. The van der Waals surface area contributed by atoms with Crippen molar-refractivity contribution in [1.29, 1.82) is 0 Å². The van der Waals surface area contributed by atoms with Gasteiger partial charge in [-0.05, 0) is 42.4 Å². The zero-order valence-corrected chi connectivity index (χ0v) is 14.9. The van der Waals surface area contributed by atoms with Gasteiger partial charge >= 0.3 is 6.36 Å². The number of unbranched alkanes of at least 4 members (excludes halogenated alkanes) is 2. The summed E-state index contributed by atoms with van der Waals surface area (Å²) in [6.07, 6.45) is 7.06. The van der Waals surface area contributed by atoms with Crippen LogP contribution in [0.3, 0.4) is 0 Å². The average Bonchev–Trinajstić information content (AvgIpc) is 2.55. The largest absolute Gasteiger partial charge is 0.573 e. The molecular weight excluding hydrogens is 332 g/mol. The zero-order valence-electron chi connectivity index (χ0n) is 14.9. The second kappa shape index (κ2) is 9.44. The number of alkyl halides is 3. The Bertz CT molecular complexity index is 519. The lowest BCUT2D eigenvalue weighted by molar-refractivity contribution is -0.275. The van der Waals surface area contributed by atoms with E-state index >= 15 is 0 Å². The molecule has 0 aromatic heterocycles. The Balaban J connectivity index is 1.74. The van der Waals surface area contributed by atoms with Crippen LogP contribution in [0.5, 0.6) is 5.75 Å². The monoisotopic (exact) mass is 360 g/mol. The molecule has 1 saturated carbocycles. The summed E-state index contributed by atoms with van der Waals surface area (Å²) in [4.78, 5) is 0. The maximum atomic E-state index is 13.7. The van der Waals surface area contributed by atoms with E-state index in [1.54, 1.807) is 0 Å². The minimum absolute atomic E-state index is 0.650. The minimum Gasteiger partial charge on any atom is -0.403 e. The predicted molar refractivity (Wildman–Crippen MR) is 91.0 cm³/mol. The summed E-state index contributed by atoms with van der Waals surface area (Å²) in [5, 5.41) is 0. The third-order valence-electron chi connectivity index (χ3n) is 5.25. The third-order valence-corrected chi connectivity index (χ3v) is 5.25. The molecule has 25 heavy (non-hydrogen) atoms. The van der Waals surface area contributed by atoms with Gasteiger partial charge in [-0.25, -0.2) is 4.39 Å². The topological polar surface area (TPSA) is 9.23 Å². The van der Waals surface area contributed by atoms with Gasteiger partial charge in [0.05, 0.1) is 0 Å². The highest BCUT2D eigenvalue weighted by molar-refractivity contribution is 5.29. The molecule has 1 nitrogen and oxygen atoms in total. The van der Waals surface area contributed by atoms with E-state index in [0.29, 0.717) is 12.3 Å². The van der Waals surface area contributed by atoms with Crippen molar-refractivity contribution in [2.45, 2.75) is 77.5 Å². The molecule has 0 amide bonds. The Labute approximate surface area is 147 Å². The van der Waals surface area contributed by atoms with Crippen LogP contribution in [-0.2, 0) is 6.42 Å². The van der Waals surface area contributed by atoms with Gasteiger partial charge in [0.15, 0.2) is 11.6 Å². The maximum Gasteiger partial charge on any atom is 0.573 e. The van der Waals surface area contributed by atoms with Gasteiger partial charge in [0.25, 0.3) is 0 Å². The van der Waals surface area contributed by atoms with Crippen LogP contribution in [-0.4, -0.2) is 6.36 Å². The van der Waals surface area contributed by atoms with Gasteiger partial charge in [-0.15, -0.1) is 13.2 Å². The van der Waals surface area contributed by atoms with Gasteiger partial charge in [-0.2, -0.15) is 0 Å². The molecule has 0 radical (unpaired) electrons. The summed E-state index contributed by atoms with van der Waals surface area (Å²) in [6.45, 7) is 2.22. The molecule has 1 aliphatic carbocycles. The maximum absolute atomic E-state index is 13.7. The molecule has 0 aliphatic heterocycles. The van der Waals surface area contributed by atoms with Crippen molar-refractivity contribution in [2.24, 2.45) is 11.8 Å². The van der Waals surface area contributed by atoms with Crippen LogP contribution >= 0.6 is 0 Å². The quantitative estimate of drug-likeness (QED) is 0.357. The van der Waals surface area contributed by atoms with E-state index in [2.05, 4.69) is 11.7 Å². The Kier molecular flexibility index (Phi) is 7.57. The fourth-order valence-corrected chi connectivity index (χ4v) is 3.77. The van der Waals surface area contributed by atoms with E-state index in [0.717, 1.165) is 30.0 Å². The van der Waals surface area contributed by atoms with Crippen molar-refractivity contribution in [3.8, 4) is 5.75 Å². The molecule has 1 fully saturated rings. The first-order chi connectivity index (χ1) is 11.9. The molecule has 0 heterocycles. The van der Waals surface area contributed by atoms with E-state index < -0.39 is 17.9 Å². The normalized spacial score (nSPS) is 21.3. The number of benzene rings is 1. The van der Waals surface area contributed by atoms with E-state index in [1.807, 2.05) is 0 Å². The van der Waals surface area contributed by atoms with Gasteiger partial charge in [0, 0.05) is 0 Å². The number of hydrogen-bond acceptors (Lipinski definition) is 1. The number of halogens is 4. The molecule has 5 heteroatoms. The van der Waals surface area contributed by atoms with Crippen molar-refractivity contribution in [3.05, 3.63) is 29.6 Å². The second-order valence-corrected chi connectivity index (χ2v) is 7.23. The van der Waals surface area contributed by atoms with Gasteiger partial charge in [0.1, 0.15) is 0 Å². The molecule has 1 aromatic carbocycles. The van der Waals surface area contributed by atoms with Gasteiger partial charge in [-0.3, -0.25) is 0 Å². The Morgan fingerprint density at radius 1 is 1.00 bits per heavy atom. The first-order valence-electron chi connectivity index (χ1n) is 9.41. The molecule has 0 atom stereocenters. The lowest BCUT2D eigenvalue weighted by Gasteiger charge is -2.28. The molecule has 0 spiro atoms. The van der Waals surface area contributed by atoms with Crippen molar-refractivity contribution >= 4 is 0 Å². The van der Waals surface area contributed by atoms with Crippen LogP contribution in [0.1, 0.15) is 70.3 Å². The first-order valence-corrected chi connectivity index (χ1v) is 9.41. The fourth-order valence-electron chi connectivity index (χ4n) is 3.77. The first kappa shape index (κ1) is 20.1. The third kappa shape index (κ3) is 7.25. The number of hydrogen-bond donors (Lipinski definition) is 0. The van der Waals surface area contributed by atoms with Crippen LogP contribution in [0.2, 0.25) is 0 Å². The molecular formula is C20H28F4O. The summed E-state index contributed by atoms with van der Waals surface area (Å²) in [7, 11) is 0. The van der Waals surface area contributed by atoms with Crippen LogP contribution < -0.4 is 4.74 Å². The molecule has 0 bridgehead atoms. The van der Waals surface area contributed by atoms with Crippen LogP contribution in [0.4, 0.5) is 17.6 Å². The SMILES string of the molecule is CCCCCC1CCC(CCc2ccc(OC(F)(F)F)c(F)c2)CC1. The molecule has 0 N–H and O–H groups in total. The summed E-state index contributed by atoms with van der Waals surface area (Å²) >= 11 is 0. The highest BCUT2D eigenvalue weighted by atomic mass is 19.4. The Morgan fingerprint density at radius 2 is 1.64 bits per heavy atom. The van der Waals surface area contributed by atoms with Crippen molar-refractivity contribution in [3.63, 3.8) is 0 Å². The zero-order chi connectivity index (χ0) is 18.3. The minimum atomic E-state index is -4.86. The van der Waals surface area contributed by atoms with Gasteiger partial charge in [0.2, 0.25) is 0 Å². The van der Waals surface area contributed by atoms with E-state index in [-0.39, 0.29) is 0 Å². The lowest BCUT2D eigenvalue weighted by Crippen LogP contribution is -2.18. The van der Waals surface area contributed by atoms with E-state index in [1.165, 1.54) is 57.4 Å². The van der Waals surface area contributed by atoms with Crippen molar-refractivity contribution in [1.82, 2.24) is 0 Å². The summed E-state index contributed by atoms with van der Waals surface area (Å²) in [5.41, 5.74) is 0.733. The smallest absolute Gasteiger partial charge is 0.403 e. The Hall–Kier alpha value is -1.26. The molecule has 142 valence electrons. The van der Waals surface area contributed by atoms with Gasteiger partial charge in [-0.1, -0.05) is 64.4 Å². The molecule has 0 unspecified atom stereocenters. The number of ether oxygens (including phenoxy) is 1. The van der Waals surface area contributed by atoms with Crippen molar-refractivity contribution in [2.75, 3.05) is 0 Å². The molecule has 1 aliphatic rings. The standard InChI is InChI=1S/C20H28F4O/c1-2-3-4-5-15-6-8-16(9-7-15)10-11-17-12-13-19(18(21)14-17)25-20(22,23)24/h12-16H,2-11H2,1H3. The van der Waals surface area contributed by atoms with Crippen LogP contribution in [0, 0.1) is 17.7 Å². The average molecular weight is 360 g/mol. The van der Waals surface area contributed by atoms with Crippen LogP contribution in [0.15, 0.2) is 18.2 Å². The number of aryl methyl sites for hydroxylation is 1. The summed E-state index contributed by atoms with van der Waals surface area (Å²) < 4.78 is 53.8. The summed E-state index contributed by atoms with van der Waals surface area (Å²) in [6, 6.07) is 3.76. The lowest BCUT2D eigenvalue weighted by atomic mass is 9.78. The second-order valence-electron chi connectivity index (χ2n) is 7.23. The predicted octanol–water partition coefficient (Wildman–Crippen LogP) is 7.04. The van der Waals surface area contributed by atoms with Crippen LogP contribution in [0.25, 0.3) is 0 Å². The molecule has 0 saturated heterocycles. The Morgan fingerprint density at radius 3 is 2.20 bits per heavy atom. The number of rotatable bonds is 8. The highest BCUT2D eigenvalue weighted by Crippen LogP contribution is 2.34. The molecule has 2 rings (SSSR count).